The van der Waals surface area contributed by atoms with Gasteiger partial charge in [-0.3, -0.25) is 14.4 Å². The summed E-state index contributed by atoms with van der Waals surface area (Å²) in [4.78, 5) is 38.2. The summed E-state index contributed by atoms with van der Waals surface area (Å²) in [6.07, 6.45) is 7.18. The molecule has 3 amide bonds. The monoisotopic (exact) mass is 381 g/mol. The third kappa shape index (κ3) is 4.36. The van der Waals surface area contributed by atoms with Crippen molar-refractivity contribution in [2.45, 2.75) is 37.9 Å². The molecule has 2 heterocycles. The van der Waals surface area contributed by atoms with Crippen molar-refractivity contribution in [2.24, 2.45) is 10.2 Å². The van der Waals surface area contributed by atoms with Gasteiger partial charge in [0.2, 0.25) is 5.91 Å². The van der Waals surface area contributed by atoms with Gasteiger partial charge in [-0.05, 0) is 31.2 Å². The van der Waals surface area contributed by atoms with E-state index in [1.54, 1.807) is 31.2 Å². The minimum Gasteiger partial charge on any atom is -0.353 e. The fourth-order valence-corrected chi connectivity index (χ4v) is 3.14. The highest BCUT2D eigenvalue weighted by molar-refractivity contribution is 5.99. The van der Waals surface area contributed by atoms with Gasteiger partial charge in [0.05, 0.1) is 0 Å². The number of nitrogens with zero attached hydrogens (tertiary/aromatic N) is 3. The summed E-state index contributed by atoms with van der Waals surface area (Å²) in [5.41, 5.74) is 0.484. The molecule has 0 saturated carbocycles. The fraction of sp³-hybridized carbons (Fsp3) is 0.450. The molecule has 1 unspecified atom stereocenters. The van der Waals surface area contributed by atoms with E-state index in [4.69, 9.17) is 6.42 Å². The average molecular weight is 381 g/mol. The maximum Gasteiger partial charge on any atom is 0.254 e. The molecule has 0 radical (unpaired) electrons. The van der Waals surface area contributed by atoms with E-state index in [9.17, 15) is 14.4 Å². The molecule has 0 aliphatic carbocycles. The predicted molar refractivity (Wildman–Crippen MR) is 103 cm³/mol. The number of piperazine rings is 1. The van der Waals surface area contributed by atoms with Crippen LogP contribution < -0.4 is 10.6 Å². The van der Waals surface area contributed by atoms with E-state index >= 15 is 0 Å². The number of rotatable bonds is 7. The average Bonchev–Trinajstić information content (AvgIpc) is 3.48. The second-order valence-corrected chi connectivity index (χ2v) is 6.94. The summed E-state index contributed by atoms with van der Waals surface area (Å²) in [6, 6.07) is 5.92. The molecular weight excluding hydrogens is 358 g/mol. The molecule has 0 aromatic heterocycles. The van der Waals surface area contributed by atoms with Crippen LogP contribution in [0.25, 0.3) is 0 Å². The highest BCUT2D eigenvalue weighted by Gasteiger charge is 2.38. The smallest absolute Gasteiger partial charge is 0.254 e. The Kier molecular flexibility index (Phi) is 5.73. The second-order valence-electron chi connectivity index (χ2n) is 6.94. The molecule has 8 heteroatoms. The van der Waals surface area contributed by atoms with Gasteiger partial charge in [-0.15, -0.1) is 12.3 Å². The topological polar surface area (TPSA) is 103 Å². The Bertz CT molecular complexity index is 834. The van der Waals surface area contributed by atoms with Gasteiger partial charge in [0, 0.05) is 50.0 Å². The van der Waals surface area contributed by atoms with Gasteiger partial charge in [0.1, 0.15) is 6.04 Å². The van der Waals surface area contributed by atoms with Crippen molar-refractivity contribution < 1.29 is 14.4 Å². The Morgan fingerprint density at radius 2 is 1.96 bits per heavy atom. The van der Waals surface area contributed by atoms with E-state index in [2.05, 4.69) is 26.8 Å². The first-order chi connectivity index (χ1) is 13.5. The van der Waals surface area contributed by atoms with E-state index in [0.29, 0.717) is 50.0 Å². The molecule has 2 aliphatic rings. The van der Waals surface area contributed by atoms with Crippen molar-refractivity contribution in [3.05, 3.63) is 35.4 Å². The largest absolute Gasteiger partial charge is 0.353 e. The molecule has 0 bridgehead atoms. The molecule has 1 saturated heterocycles. The molecule has 1 atom stereocenters. The van der Waals surface area contributed by atoms with Crippen molar-refractivity contribution in [2.75, 3.05) is 19.6 Å². The number of terminal acetylenes is 1. The number of hydrogen-bond donors (Lipinski definition) is 2. The summed E-state index contributed by atoms with van der Waals surface area (Å²) in [5, 5.41) is 13.6. The van der Waals surface area contributed by atoms with Crippen LogP contribution in [-0.2, 0) is 4.79 Å². The molecule has 2 N–H and O–H groups in total. The van der Waals surface area contributed by atoms with Crippen molar-refractivity contribution in [1.82, 2.24) is 15.5 Å². The molecule has 1 fully saturated rings. The zero-order chi connectivity index (χ0) is 20.1. The Balaban J connectivity index is 1.52. The lowest BCUT2D eigenvalue weighted by molar-refractivity contribution is -0.127. The molecule has 1 aromatic carbocycles. The highest BCUT2D eigenvalue weighted by Crippen LogP contribution is 2.36. The third-order valence-corrected chi connectivity index (χ3v) is 5.02. The fourth-order valence-electron chi connectivity index (χ4n) is 3.14. The van der Waals surface area contributed by atoms with Gasteiger partial charge >= 0.3 is 0 Å². The molecule has 8 nitrogen and oxygen atoms in total. The number of benzene rings is 1. The van der Waals surface area contributed by atoms with Crippen LogP contribution in [0.1, 0.15) is 46.9 Å². The Morgan fingerprint density at radius 3 is 2.61 bits per heavy atom. The molecular formula is C20H23N5O3. The van der Waals surface area contributed by atoms with E-state index in [-0.39, 0.29) is 17.7 Å². The van der Waals surface area contributed by atoms with E-state index < -0.39 is 11.7 Å². The van der Waals surface area contributed by atoms with Gasteiger partial charge in [-0.2, -0.15) is 10.2 Å². The second kappa shape index (κ2) is 8.21. The summed E-state index contributed by atoms with van der Waals surface area (Å²) >= 11 is 0. The Labute approximate surface area is 163 Å². The molecule has 0 spiro atoms. The van der Waals surface area contributed by atoms with Crippen LogP contribution in [0.4, 0.5) is 0 Å². The van der Waals surface area contributed by atoms with Crippen LogP contribution in [0, 0.1) is 12.3 Å². The van der Waals surface area contributed by atoms with Crippen LogP contribution >= 0.6 is 0 Å². The van der Waals surface area contributed by atoms with E-state index in [1.807, 2.05) is 0 Å². The summed E-state index contributed by atoms with van der Waals surface area (Å²) in [5.74, 6) is 1.96. The third-order valence-electron chi connectivity index (χ3n) is 5.02. The van der Waals surface area contributed by atoms with Gasteiger partial charge in [0.15, 0.2) is 5.66 Å². The number of carbonyl (C=O) groups excluding carboxylic acids is 3. The lowest BCUT2D eigenvalue weighted by Crippen LogP contribution is -2.55. The number of hydrogen-bond acceptors (Lipinski definition) is 5. The SMILES string of the molecule is C#CCCC1(CCNC(=O)c2ccc(C(=O)N3CCNC(=O)C3C)cc2)N=N1. The van der Waals surface area contributed by atoms with Crippen molar-refractivity contribution in [3.8, 4) is 12.3 Å². The van der Waals surface area contributed by atoms with Crippen molar-refractivity contribution in [1.29, 1.82) is 0 Å². The highest BCUT2D eigenvalue weighted by atomic mass is 16.2. The minimum atomic E-state index is -0.510. The maximum absolute atomic E-state index is 12.6. The van der Waals surface area contributed by atoms with Crippen molar-refractivity contribution in [3.63, 3.8) is 0 Å². The van der Waals surface area contributed by atoms with Crippen LogP contribution in [0.3, 0.4) is 0 Å². The van der Waals surface area contributed by atoms with Gasteiger partial charge in [0.25, 0.3) is 11.8 Å². The minimum absolute atomic E-state index is 0.162. The summed E-state index contributed by atoms with van der Waals surface area (Å²) < 4.78 is 0. The van der Waals surface area contributed by atoms with Crippen LogP contribution in [-0.4, -0.2) is 54.0 Å². The lowest BCUT2D eigenvalue weighted by Gasteiger charge is -2.32. The number of nitrogens with one attached hydrogen (secondary N) is 2. The van der Waals surface area contributed by atoms with Gasteiger partial charge in [-0.1, -0.05) is 0 Å². The standard InChI is InChI=1S/C20H23N5O3/c1-3-4-9-20(23-24-20)10-11-21-18(27)15-5-7-16(8-6-15)19(28)25-13-12-22-17(26)14(25)2/h1,5-8,14H,4,9-13H2,2H3,(H,21,27)(H,22,26). The molecule has 1 aromatic rings. The van der Waals surface area contributed by atoms with Gasteiger partial charge in [-0.25, -0.2) is 0 Å². The maximum atomic E-state index is 12.6. The molecule has 146 valence electrons. The zero-order valence-electron chi connectivity index (χ0n) is 15.8. The van der Waals surface area contributed by atoms with Crippen LogP contribution in [0.5, 0.6) is 0 Å². The number of amides is 3. The zero-order valence-corrected chi connectivity index (χ0v) is 15.8. The molecule has 2 aliphatic heterocycles. The molecule has 3 rings (SSSR count). The first-order valence-corrected chi connectivity index (χ1v) is 9.30. The van der Waals surface area contributed by atoms with Crippen molar-refractivity contribution >= 4 is 17.7 Å². The van der Waals surface area contributed by atoms with Crippen LogP contribution in [0.2, 0.25) is 0 Å². The van der Waals surface area contributed by atoms with E-state index in [0.717, 1.165) is 0 Å². The predicted octanol–water partition coefficient (Wildman–Crippen LogP) is 1.34. The Hall–Kier alpha value is -3.21. The normalized spacial score (nSPS) is 19.5. The Morgan fingerprint density at radius 1 is 1.29 bits per heavy atom. The van der Waals surface area contributed by atoms with Crippen LogP contribution in [0.15, 0.2) is 34.5 Å². The quantitative estimate of drug-likeness (QED) is 0.697. The summed E-state index contributed by atoms with van der Waals surface area (Å²) in [7, 11) is 0. The van der Waals surface area contributed by atoms with Gasteiger partial charge < -0.3 is 15.5 Å². The first-order valence-electron chi connectivity index (χ1n) is 9.30. The van der Waals surface area contributed by atoms with E-state index in [1.165, 1.54) is 4.90 Å². The summed E-state index contributed by atoms with van der Waals surface area (Å²) in [6.45, 7) is 3.04. The number of carbonyl (C=O) groups is 3. The molecule has 28 heavy (non-hydrogen) atoms. The first kappa shape index (κ1) is 19.5. The lowest BCUT2D eigenvalue weighted by atomic mass is 10.0.